The van der Waals surface area contributed by atoms with Gasteiger partial charge in [0.2, 0.25) is 5.91 Å². The van der Waals surface area contributed by atoms with E-state index in [2.05, 4.69) is 15.0 Å². The fourth-order valence-corrected chi connectivity index (χ4v) is 3.71. The predicted molar refractivity (Wildman–Crippen MR) is 92.5 cm³/mol. The van der Waals surface area contributed by atoms with E-state index in [-0.39, 0.29) is 12.5 Å². The first-order valence-electron chi connectivity index (χ1n) is 6.56. The van der Waals surface area contributed by atoms with E-state index >= 15 is 0 Å². The molecule has 0 spiro atoms. The number of aliphatic hydroxyl groups is 1. The van der Waals surface area contributed by atoms with E-state index in [0.29, 0.717) is 16.7 Å². The smallest absolute Gasteiger partial charge is 0.223 e. The van der Waals surface area contributed by atoms with Crippen molar-refractivity contribution in [3.8, 4) is 10.4 Å². The lowest BCUT2D eigenvalue weighted by Crippen LogP contribution is -2.08. The summed E-state index contributed by atoms with van der Waals surface area (Å²) >= 11 is 8.99. The monoisotopic (exact) mass is 357 g/mol. The number of carbonyl (C=O) groups is 1. The highest BCUT2D eigenvalue weighted by Gasteiger charge is 2.12. The van der Waals surface area contributed by atoms with Gasteiger partial charge in [-0.05, 0) is 36.6 Å². The lowest BCUT2D eigenvalue weighted by atomic mass is 10.2. The van der Waals surface area contributed by atoms with Gasteiger partial charge >= 0.3 is 0 Å². The van der Waals surface area contributed by atoms with Crippen LogP contribution >= 0.6 is 34.9 Å². The van der Waals surface area contributed by atoms with Crippen LogP contribution in [0.3, 0.4) is 0 Å². The number of thiazole rings is 1. The second-order valence-corrected chi connectivity index (χ2v) is 6.82. The highest BCUT2D eigenvalue weighted by molar-refractivity contribution is 7.97. The Kier molecular flexibility index (Phi) is 6.22. The molecule has 0 saturated carbocycles. The normalized spacial score (nSPS) is 10.7. The van der Waals surface area contributed by atoms with Gasteiger partial charge in [-0.1, -0.05) is 29.0 Å². The molecule has 0 aliphatic heterocycles. The van der Waals surface area contributed by atoms with Gasteiger partial charge in [0.1, 0.15) is 0 Å². The Balaban J connectivity index is 2.26. The van der Waals surface area contributed by atoms with Crippen LogP contribution in [0.2, 0.25) is 5.02 Å². The summed E-state index contributed by atoms with van der Waals surface area (Å²) in [6, 6.07) is 5.73. The molecule has 1 aromatic heterocycles. The Bertz CT molecular complexity index is 676. The number of nitrogens with one attached hydrogen (secondary N) is 2. The molecule has 0 fully saturated rings. The number of hydrogen-bond acceptors (Lipinski definition) is 6. The summed E-state index contributed by atoms with van der Waals surface area (Å²) in [6.45, 7) is 3.92. The number of benzene rings is 1. The molecule has 0 aliphatic rings. The number of aliphatic hydroxyl groups excluding tert-OH is 1. The van der Waals surface area contributed by atoms with Crippen molar-refractivity contribution in [2.75, 3.05) is 18.5 Å². The van der Waals surface area contributed by atoms with E-state index in [0.717, 1.165) is 21.0 Å². The van der Waals surface area contributed by atoms with E-state index < -0.39 is 0 Å². The van der Waals surface area contributed by atoms with E-state index in [4.69, 9.17) is 16.7 Å². The van der Waals surface area contributed by atoms with Crippen LogP contribution in [0.25, 0.3) is 10.4 Å². The van der Waals surface area contributed by atoms with Crippen LogP contribution in [0.1, 0.15) is 12.6 Å². The number of aryl methyl sites for hydroxylation is 1. The largest absolute Gasteiger partial charge is 0.395 e. The van der Waals surface area contributed by atoms with Gasteiger partial charge in [0.25, 0.3) is 0 Å². The van der Waals surface area contributed by atoms with Gasteiger partial charge in [0.15, 0.2) is 5.13 Å². The second-order valence-electron chi connectivity index (χ2n) is 4.48. The maximum absolute atomic E-state index is 11.1. The molecular weight excluding hydrogens is 342 g/mol. The Labute approximate surface area is 142 Å². The average Bonchev–Trinajstić information content (AvgIpc) is 2.81. The van der Waals surface area contributed by atoms with Gasteiger partial charge in [-0.15, -0.1) is 0 Å². The van der Waals surface area contributed by atoms with Gasteiger partial charge < -0.3 is 10.4 Å². The van der Waals surface area contributed by atoms with Gasteiger partial charge in [-0.2, -0.15) is 0 Å². The Morgan fingerprint density at radius 3 is 2.95 bits per heavy atom. The summed E-state index contributed by atoms with van der Waals surface area (Å²) in [5.41, 5.74) is 1.85. The topological polar surface area (TPSA) is 74.2 Å². The first-order valence-corrected chi connectivity index (χ1v) is 8.58. The molecule has 0 bridgehead atoms. The minimum atomic E-state index is -0.138. The fraction of sp³-hybridized carbons (Fsp3) is 0.286. The number of aromatic nitrogens is 1. The fourth-order valence-electron chi connectivity index (χ4n) is 1.77. The summed E-state index contributed by atoms with van der Waals surface area (Å²) in [5, 5.41) is 12.7. The van der Waals surface area contributed by atoms with Gasteiger partial charge in [-0.25, -0.2) is 4.98 Å². The maximum atomic E-state index is 11.1. The Morgan fingerprint density at radius 2 is 2.27 bits per heavy atom. The van der Waals surface area contributed by atoms with Crippen LogP contribution in [-0.4, -0.2) is 29.1 Å². The summed E-state index contributed by atoms with van der Waals surface area (Å²) in [7, 11) is 0. The molecule has 1 heterocycles. The third-order valence-electron chi connectivity index (χ3n) is 2.67. The van der Waals surface area contributed by atoms with Crippen LogP contribution < -0.4 is 10.0 Å². The highest BCUT2D eigenvalue weighted by atomic mass is 35.5. The zero-order chi connectivity index (χ0) is 16.1. The minimum absolute atomic E-state index is 0.0678. The van der Waals surface area contributed by atoms with Crippen LogP contribution in [0, 0.1) is 6.92 Å². The molecule has 1 amide bonds. The van der Waals surface area contributed by atoms with Crippen LogP contribution in [0.15, 0.2) is 23.1 Å². The molecule has 0 atom stereocenters. The molecule has 0 radical (unpaired) electrons. The Hall–Kier alpha value is -1.12. The lowest BCUT2D eigenvalue weighted by molar-refractivity contribution is -0.114. The van der Waals surface area contributed by atoms with Crippen LogP contribution in [0.4, 0.5) is 5.13 Å². The number of hydrogen-bond donors (Lipinski definition) is 3. The van der Waals surface area contributed by atoms with Crippen molar-refractivity contribution in [1.29, 1.82) is 0 Å². The number of carbonyl (C=O) groups excluding carboxylic acids is 1. The van der Waals surface area contributed by atoms with Crippen molar-refractivity contribution in [2.45, 2.75) is 18.7 Å². The van der Waals surface area contributed by atoms with Gasteiger partial charge in [-0.3, -0.25) is 9.52 Å². The molecule has 2 rings (SSSR count). The van der Waals surface area contributed by atoms with E-state index in [1.165, 1.54) is 30.2 Å². The number of amides is 1. The van der Waals surface area contributed by atoms with Crippen molar-refractivity contribution < 1.29 is 9.90 Å². The molecule has 0 saturated heterocycles. The quantitative estimate of drug-likeness (QED) is 0.546. The summed E-state index contributed by atoms with van der Waals surface area (Å²) in [6.07, 6.45) is 0. The van der Waals surface area contributed by atoms with E-state index in [9.17, 15) is 4.79 Å². The maximum Gasteiger partial charge on any atom is 0.223 e. The average molecular weight is 358 g/mol. The van der Waals surface area contributed by atoms with Crippen molar-refractivity contribution in [3.63, 3.8) is 0 Å². The Morgan fingerprint density at radius 1 is 1.50 bits per heavy atom. The number of nitrogens with zero attached hydrogens (tertiary/aromatic N) is 1. The van der Waals surface area contributed by atoms with Crippen molar-refractivity contribution in [3.05, 3.63) is 28.9 Å². The third kappa shape index (κ3) is 4.44. The van der Waals surface area contributed by atoms with Crippen LogP contribution in [0.5, 0.6) is 0 Å². The molecule has 2 aromatic rings. The summed E-state index contributed by atoms with van der Waals surface area (Å²) in [4.78, 5) is 17.3. The predicted octanol–water partition coefficient (Wildman–Crippen LogP) is 3.32. The first-order chi connectivity index (χ1) is 10.5. The molecular formula is C14H16ClN3O2S2. The highest BCUT2D eigenvalue weighted by Crippen LogP contribution is 2.36. The molecule has 5 nitrogen and oxygen atoms in total. The number of anilines is 1. The standard InChI is InChI=1S/C14H16ClN3O2S2/c1-8-13(21-14(17-8)18-9(2)20)10-3-4-11(15)12(7-10)22-16-5-6-19/h3-4,7,16,19H,5-6H2,1-2H3,(H,17,18,20). The molecule has 8 heteroatoms. The molecule has 0 unspecified atom stereocenters. The van der Waals surface area contributed by atoms with Crippen LogP contribution in [-0.2, 0) is 4.79 Å². The minimum Gasteiger partial charge on any atom is -0.395 e. The van der Waals surface area contributed by atoms with Crippen molar-refractivity contribution in [2.24, 2.45) is 0 Å². The molecule has 22 heavy (non-hydrogen) atoms. The summed E-state index contributed by atoms with van der Waals surface area (Å²) < 4.78 is 3.03. The zero-order valence-electron chi connectivity index (χ0n) is 12.1. The molecule has 1 aromatic carbocycles. The van der Waals surface area contributed by atoms with Crippen molar-refractivity contribution in [1.82, 2.24) is 9.71 Å². The van der Waals surface area contributed by atoms with E-state index in [1.807, 2.05) is 25.1 Å². The SMILES string of the molecule is CC(=O)Nc1nc(C)c(-c2ccc(Cl)c(SNCCO)c2)s1. The molecule has 118 valence electrons. The summed E-state index contributed by atoms with van der Waals surface area (Å²) in [5.74, 6) is -0.138. The van der Waals surface area contributed by atoms with E-state index in [1.54, 1.807) is 0 Å². The van der Waals surface area contributed by atoms with Gasteiger partial charge in [0.05, 0.1) is 22.2 Å². The molecule has 0 aliphatic carbocycles. The van der Waals surface area contributed by atoms with Crippen molar-refractivity contribution >= 4 is 45.9 Å². The molecule has 3 N–H and O–H groups in total. The van der Waals surface area contributed by atoms with Gasteiger partial charge in [0, 0.05) is 18.4 Å². The first kappa shape index (κ1) is 17.2. The third-order valence-corrected chi connectivity index (χ3v) is 5.14. The second kappa shape index (κ2) is 7.94. The zero-order valence-corrected chi connectivity index (χ0v) is 14.5. The number of halogens is 1. The number of rotatable bonds is 6. The lowest BCUT2D eigenvalue weighted by Gasteiger charge is -2.07.